The lowest BCUT2D eigenvalue weighted by Gasteiger charge is -2.15. The van der Waals surface area contributed by atoms with E-state index < -0.39 is 6.10 Å². The summed E-state index contributed by atoms with van der Waals surface area (Å²) in [5, 5.41) is 9.66. The summed E-state index contributed by atoms with van der Waals surface area (Å²) >= 11 is 0. The fourth-order valence-corrected chi connectivity index (χ4v) is 9.97. The van der Waals surface area contributed by atoms with Gasteiger partial charge in [-0.15, -0.1) is 0 Å². The highest BCUT2D eigenvalue weighted by molar-refractivity contribution is 5.70. The topological polar surface area (TPSA) is 72.8 Å². The van der Waals surface area contributed by atoms with Gasteiger partial charge in [0.1, 0.15) is 6.61 Å². The summed E-state index contributed by atoms with van der Waals surface area (Å²) in [5.74, 6) is -0.562. The molecule has 0 heterocycles. The van der Waals surface area contributed by atoms with Gasteiger partial charge in [0.2, 0.25) is 0 Å². The molecule has 0 aromatic heterocycles. The molecule has 1 unspecified atom stereocenters. The fraction of sp³-hybridized carbons (Fsp3) is 0.968. The van der Waals surface area contributed by atoms with Crippen LogP contribution in [0.2, 0.25) is 0 Å². The van der Waals surface area contributed by atoms with Gasteiger partial charge in [0.25, 0.3) is 0 Å². The zero-order chi connectivity index (χ0) is 48.5. The van der Waals surface area contributed by atoms with E-state index in [9.17, 15) is 14.7 Å². The monoisotopic (exact) mass is 947 g/mol. The van der Waals surface area contributed by atoms with E-state index in [0.717, 1.165) is 32.1 Å². The first-order chi connectivity index (χ1) is 33.1. The first kappa shape index (κ1) is 65.9. The van der Waals surface area contributed by atoms with Crippen LogP contribution < -0.4 is 0 Å². The van der Waals surface area contributed by atoms with Crippen LogP contribution in [0.15, 0.2) is 0 Å². The van der Waals surface area contributed by atoms with Crippen LogP contribution in [-0.4, -0.2) is 36.4 Å². The Morgan fingerprint density at radius 3 is 0.657 bits per heavy atom. The molecule has 0 radical (unpaired) electrons. The highest BCUT2D eigenvalue weighted by atomic mass is 16.6. The fourth-order valence-electron chi connectivity index (χ4n) is 9.97. The minimum Gasteiger partial charge on any atom is -0.462 e. The van der Waals surface area contributed by atoms with Gasteiger partial charge >= 0.3 is 11.9 Å². The lowest BCUT2D eigenvalue weighted by Crippen LogP contribution is -2.28. The lowest BCUT2D eigenvalue weighted by molar-refractivity contribution is -0.161. The molecule has 0 aliphatic heterocycles. The standard InChI is InChI=1S/C62H122O5/c1-3-5-7-9-11-13-15-17-19-21-23-24-25-26-27-28-29-30-31-32-33-34-35-36-37-39-41-43-45-47-49-51-53-55-57-62(65)67-60(58-63)59-66-61(64)56-54-52-50-48-46-44-42-40-38-22-20-18-16-14-12-10-8-6-4-2/h60,63H,3-59H2,1-2H3. The molecule has 5 heteroatoms. The number of hydrogen-bond donors (Lipinski definition) is 1. The van der Waals surface area contributed by atoms with Gasteiger partial charge in [-0.25, -0.2) is 0 Å². The maximum absolute atomic E-state index is 12.3. The highest BCUT2D eigenvalue weighted by Crippen LogP contribution is 2.19. The molecular weight excluding hydrogens is 825 g/mol. The number of ether oxygens (including phenoxy) is 2. The second-order valence-corrected chi connectivity index (χ2v) is 21.5. The second kappa shape index (κ2) is 59.2. The Morgan fingerprint density at radius 2 is 0.463 bits per heavy atom. The third-order valence-electron chi connectivity index (χ3n) is 14.7. The summed E-state index contributed by atoms with van der Waals surface area (Å²) in [5.41, 5.74) is 0. The number of aliphatic hydroxyl groups is 1. The Labute approximate surface area is 420 Å². The average molecular weight is 948 g/mol. The quantitative estimate of drug-likeness (QED) is 0.0486. The van der Waals surface area contributed by atoms with Gasteiger partial charge in [0.05, 0.1) is 6.61 Å². The van der Waals surface area contributed by atoms with E-state index in [0.29, 0.717) is 12.8 Å². The molecule has 0 saturated heterocycles. The van der Waals surface area contributed by atoms with Crippen molar-refractivity contribution in [3.05, 3.63) is 0 Å². The SMILES string of the molecule is CCCCCCCCCCCCCCCCCCCCCCCCCCCCCCCCCCCCC(=O)OC(CO)COC(=O)CCCCCCCCCCCCCCCCCCCCC. The normalized spacial score (nSPS) is 12.0. The number of rotatable bonds is 59. The zero-order valence-electron chi connectivity index (χ0n) is 46.0. The van der Waals surface area contributed by atoms with E-state index in [2.05, 4.69) is 13.8 Å². The Hall–Kier alpha value is -1.10. The average Bonchev–Trinajstić information content (AvgIpc) is 3.33. The van der Waals surface area contributed by atoms with Crippen molar-refractivity contribution in [2.75, 3.05) is 13.2 Å². The predicted octanol–water partition coefficient (Wildman–Crippen LogP) is 20.9. The van der Waals surface area contributed by atoms with E-state index in [4.69, 9.17) is 9.47 Å². The molecule has 1 N–H and O–H groups in total. The van der Waals surface area contributed by atoms with Crippen LogP contribution in [0.1, 0.15) is 367 Å². The van der Waals surface area contributed by atoms with Crippen molar-refractivity contribution < 1.29 is 24.2 Å². The van der Waals surface area contributed by atoms with Gasteiger partial charge in [-0.3, -0.25) is 9.59 Å². The van der Waals surface area contributed by atoms with Crippen LogP contribution in [0.5, 0.6) is 0 Å². The molecule has 0 amide bonds. The molecule has 0 rings (SSSR count). The summed E-state index contributed by atoms with van der Waals surface area (Å²) in [6.07, 6.45) is 72.6. The summed E-state index contributed by atoms with van der Waals surface area (Å²) in [4.78, 5) is 24.5. The largest absolute Gasteiger partial charge is 0.462 e. The van der Waals surface area contributed by atoms with Gasteiger partial charge in [-0.2, -0.15) is 0 Å². The highest BCUT2D eigenvalue weighted by Gasteiger charge is 2.16. The first-order valence-electron chi connectivity index (χ1n) is 31.1. The molecule has 0 spiro atoms. The third kappa shape index (κ3) is 57.4. The smallest absolute Gasteiger partial charge is 0.306 e. The van der Waals surface area contributed by atoms with Gasteiger partial charge < -0.3 is 14.6 Å². The second-order valence-electron chi connectivity index (χ2n) is 21.5. The minimum absolute atomic E-state index is 0.0557. The van der Waals surface area contributed by atoms with Crippen molar-refractivity contribution in [3.8, 4) is 0 Å². The lowest BCUT2D eigenvalue weighted by atomic mass is 10.0. The molecule has 67 heavy (non-hydrogen) atoms. The number of carbonyl (C=O) groups is 2. The maximum atomic E-state index is 12.3. The van der Waals surface area contributed by atoms with Gasteiger partial charge in [0, 0.05) is 12.8 Å². The van der Waals surface area contributed by atoms with Crippen LogP contribution >= 0.6 is 0 Å². The van der Waals surface area contributed by atoms with Crippen LogP contribution in [-0.2, 0) is 19.1 Å². The molecule has 400 valence electrons. The predicted molar refractivity (Wildman–Crippen MR) is 293 cm³/mol. The summed E-state index contributed by atoms with van der Waals surface area (Å²) in [6, 6.07) is 0. The maximum Gasteiger partial charge on any atom is 0.306 e. The molecule has 1 atom stereocenters. The van der Waals surface area contributed by atoms with Crippen LogP contribution in [0.4, 0.5) is 0 Å². The van der Waals surface area contributed by atoms with Crippen molar-refractivity contribution in [2.45, 2.75) is 373 Å². The van der Waals surface area contributed by atoms with Crippen LogP contribution in [0.25, 0.3) is 0 Å². The summed E-state index contributed by atoms with van der Waals surface area (Å²) in [7, 11) is 0. The Bertz CT molecular complexity index is 937. The number of esters is 2. The number of carbonyl (C=O) groups excluding carboxylic acids is 2. The van der Waals surface area contributed by atoms with Crippen molar-refractivity contribution in [1.29, 1.82) is 0 Å². The molecule has 0 aliphatic rings. The van der Waals surface area contributed by atoms with Crippen molar-refractivity contribution in [2.24, 2.45) is 0 Å². The van der Waals surface area contributed by atoms with Gasteiger partial charge in [0.15, 0.2) is 6.10 Å². The molecule has 0 aromatic carbocycles. The first-order valence-corrected chi connectivity index (χ1v) is 31.1. The Morgan fingerprint density at radius 1 is 0.284 bits per heavy atom. The molecule has 5 nitrogen and oxygen atoms in total. The minimum atomic E-state index is -0.764. The van der Waals surface area contributed by atoms with E-state index in [1.54, 1.807) is 0 Å². The number of aliphatic hydroxyl groups excluding tert-OH is 1. The molecule has 0 saturated carbocycles. The van der Waals surface area contributed by atoms with Crippen molar-refractivity contribution in [3.63, 3.8) is 0 Å². The van der Waals surface area contributed by atoms with E-state index in [1.165, 1.54) is 308 Å². The van der Waals surface area contributed by atoms with Crippen molar-refractivity contribution in [1.82, 2.24) is 0 Å². The molecule has 0 aromatic rings. The summed E-state index contributed by atoms with van der Waals surface area (Å²) in [6.45, 7) is 4.21. The van der Waals surface area contributed by atoms with E-state index in [1.807, 2.05) is 0 Å². The molecule has 0 bridgehead atoms. The third-order valence-corrected chi connectivity index (χ3v) is 14.7. The van der Waals surface area contributed by atoms with Gasteiger partial charge in [-0.05, 0) is 12.8 Å². The molecular formula is C62H122O5. The van der Waals surface area contributed by atoms with Crippen LogP contribution in [0.3, 0.4) is 0 Å². The number of hydrogen-bond acceptors (Lipinski definition) is 5. The Balaban J connectivity index is 3.35. The van der Waals surface area contributed by atoms with Crippen LogP contribution in [0, 0.1) is 0 Å². The zero-order valence-corrected chi connectivity index (χ0v) is 46.0. The van der Waals surface area contributed by atoms with Gasteiger partial charge in [-0.1, -0.05) is 341 Å². The Kier molecular flexibility index (Phi) is 58.2. The summed E-state index contributed by atoms with van der Waals surface area (Å²) < 4.78 is 10.7. The number of unbranched alkanes of at least 4 members (excludes halogenated alkanes) is 51. The van der Waals surface area contributed by atoms with E-state index >= 15 is 0 Å². The van der Waals surface area contributed by atoms with E-state index in [-0.39, 0.29) is 25.2 Å². The molecule has 0 fully saturated rings. The van der Waals surface area contributed by atoms with Crippen molar-refractivity contribution >= 4 is 11.9 Å². The molecule has 0 aliphatic carbocycles.